The zero-order valence-electron chi connectivity index (χ0n) is 19.2. The van der Waals surface area contributed by atoms with Gasteiger partial charge in [0.1, 0.15) is 13.2 Å². The summed E-state index contributed by atoms with van der Waals surface area (Å²) in [4.78, 5) is 21.1. The van der Waals surface area contributed by atoms with Gasteiger partial charge in [-0.1, -0.05) is 49.4 Å². The second-order valence-corrected chi connectivity index (χ2v) is 6.15. The molecule has 0 heterocycles. The molecule has 6 nitrogen and oxygen atoms in total. The van der Waals surface area contributed by atoms with Crippen LogP contribution in [0.3, 0.4) is 0 Å². The number of ether oxygens (including phenoxy) is 2. The van der Waals surface area contributed by atoms with Crippen molar-refractivity contribution < 1.29 is 29.3 Å². The molecule has 0 aliphatic carbocycles. The molecule has 0 aromatic rings. The van der Waals surface area contributed by atoms with Crippen LogP contribution < -0.4 is 0 Å². The Hall–Kier alpha value is -2.61. The van der Waals surface area contributed by atoms with Crippen LogP contribution >= 0.6 is 11.6 Å². The average molecular weight is 467 g/mol. The summed E-state index contributed by atoms with van der Waals surface area (Å²) in [6.45, 7) is -0.215. The molecule has 32 heavy (non-hydrogen) atoms. The predicted molar refractivity (Wildman–Crippen MR) is 127 cm³/mol. The number of carbonyl (C=O) groups is 2. The summed E-state index contributed by atoms with van der Waals surface area (Å²) >= 11 is 5.10. The first-order valence-electron chi connectivity index (χ1n) is 10.3. The van der Waals surface area contributed by atoms with Crippen molar-refractivity contribution in [2.75, 3.05) is 33.3 Å². The Bertz CT molecular complexity index is 669. The van der Waals surface area contributed by atoms with Gasteiger partial charge in [0.25, 0.3) is 0 Å². The summed E-state index contributed by atoms with van der Waals surface area (Å²) in [5.74, 6) is 17.8. The van der Waals surface area contributed by atoms with Crippen LogP contribution in [-0.4, -0.2) is 55.5 Å². The molecule has 178 valence electrons. The zero-order valence-corrected chi connectivity index (χ0v) is 19.9. The lowest BCUT2D eigenvalue weighted by molar-refractivity contribution is -0.141. The van der Waals surface area contributed by atoms with E-state index in [9.17, 15) is 9.59 Å². The molecule has 0 bridgehead atoms. The van der Waals surface area contributed by atoms with Crippen LogP contribution in [0.2, 0.25) is 0 Å². The van der Waals surface area contributed by atoms with Crippen molar-refractivity contribution in [3.05, 3.63) is 0 Å². The minimum atomic E-state index is -0.247. The monoisotopic (exact) mass is 466 g/mol. The smallest absolute Gasteiger partial charge is 0.306 e. The molecule has 0 aromatic carbocycles. The molecular formula is C25H35ClO6. The van der Waals surface area contributed by atoms with Crippen LogP contribution in [-0.2, 0) is 19.1 Å². The first-order chi connectivity index (χ1) is 15.5. The highest BCUT2D eigenvalue weighted by molar-refractivity contribution is 6.19. The van der Waals surface area contributed by atoms with E-state index in [2.05, 4.69) is 50.9 Å². The van der Waals surface area contributed by atoms with E-state index in [1.54, 1.807) is 0 Å². The molecule has 0 aromatic heterocycles. The zero-order chi connectivity index (χ0) is 24.7. The van der Waals surface area contributed by atoms with E-state index >= 15 is 0 Å². The summed E-state index contributed by atoms with van der Waals surface area (Å²) in [6.07, 6.45) is 13.7. The van der Waals surface area contributed by atoms with Crippen molar-refractivity contribution in [2.45, 2.75) is 64.2 Å². The molecule has 0 radical (unpaired) electrons. The number of hydrogen-bond acceptors (Lipinski definition) is 6. The summed E-state index contributed by atoms with van der Waals surface area (Å²) in [5, 5.41) is 16.4. The van der Waals surface area contributed by atoms with Crippen molar-refractivity contribution in [1.29, 1.82) is 0 Å². The van der Waals surface area contributed by atoms with E-state index in [-0.39, 0.29) is 25.2 Å². The van der Waals surface area contributed by atoms with E-state index in [0.717, 1.165) is 32.1 Å². The van der Waals surface area contributed by atoms with Crippen LogP contribution in [0, 0.1) is 47.9 Å². The molecule has 0 saturated heterocycles. The third-order valence-corrected chi connectivity index (χ3v) is 3.58. The number of unbranched alkanes of at least 4 members (excludes halogenated alkanes) is 6. The molecule has 0 aliphatic rings. The summed E-state index contributed by atoms with van der Waals surface area (Å²) in [7, 11) is 2.77. The Kier molecular flexibility index (Phi) is 35.1. The lowest BCUT2D eigenvalue weighted by atomic mass is 10.1. The van der Waals surface area contributed by atoms with Gasteiger partial charge in [0.2, 0.25) is 0 Å². The Morgan fingerprint density at radius 2 is 1.28 bits per heavy atom. The fraction of sp³-hybridized carbons (Fsp3) is 0.600. The summed E-state index contributed by atoms with van der Waals surface area (Å²) in [5.41, 5.74) is 0. The van der Waals surface area contributed by atoms with Crippen LogP contribution in [0.1, 0.15) is 64.2 Å². The van der Waals surface area contributed by atoms with Crippen LogP contribution in [0.4, 0.5) is 0 Å². The van der Waals surface area contributed by atoms with Gasteiger partial charge in [-0.15, -0.1) is 23.9 Å². The lowest BCUT2D eigenvalue weighted by Gasteiger charge is -2.00. The summed E-state index contributed by atoms with van der Waals surface area (Å²) < 4.78 is 8.89. The molecule has 2 N–H and O–H groups in total. The number of terminal acetylenes is 1. The molecule has 0 unspecified atom stereocenters. The third kappa shape index (κ3) is 38.1. The van der Waals surface area contributed by atoms with Gasteiger partial charge in [0.05, 0.1) is 26.5 Å². The average Bonchev–Trinajstić information content (AvgIpc) is 2.82. The number of rotatable bonds is 10. The van der Waals surface area contributed by atoms with Gasteiger partial charge in [-0.25, -0.2) is 0 Å². The molecule has 0 saturated carbocycles. The molecule has 0 aliphatic heterocycles. The van der Waals surface area contributed by atoms with Gasteiger partial charge in [-0.3, -0.25) is 9.59 Å². The number of aliphatic hydroxyl groups excluding tert-OH is 2. The van der Waals surface area contributed by atoms with Gasteiger partial charge in [0, 0.05) is 19.3 Å². The minimum absolute atomic E-state index is 0.0906. The van der Waals surface area contributed by atoms with Crippen LogP contribution in [0.25, 0.3) is 0 Å². The maximum atomic E-state index is 10.8. The standard InChI is InChI=1S/C15H22O3.C6H8O2.C4H5ClO/c1-18-15(17)13-11-9-7-5-3-2-4-6-8-10-12-14-16;1-3-4-5-6(7)8-2;5-3-1-2-4-6/h16H,2-5,7,9,11,13-14H2,1H3;1H,4-5H2,2H3;6H,3-4H2. The van der Waals surface area contributed by atoms with Crippen molar-refractivity contribution >= 4 is 23.5 Å². The molecule has 0 fully saturated rings. The first-order valence-corrected chi connectivity index (χ1v) is 10.8. The normalized spacial score (nSPS) is 8.00. The van der Waals surface area contributed by atoms with Crippen molar-refractivity contribution in [3.8, 4) is 47.9 Å². The Morgan fingerprint density at radius 1 is 0.750 bits per heavy atom. The van der Waals surface area contributed by atoms with E-state index in [0.29, 0.717) is 25.1 Å². The summed E-state index contributed by atoms with van der Waals surface area (Å²) in [6, 6.07) is 0. The highest BCUT2D eigenvalue weighted by atomic mass is 35.5. The third-order valence-electron chi connectivity index (χ3n) is 3.45. The SMILES string of the molecule is C#CCCC(=O)OC.COC(=O)CCCCCCCCC#CC#CCO.OCC#CCCl. The molecule has 0 atom stereocenters. The Morgan fingerprint density at radius 3 is 1.78 bits per heavy atom. The van der Waals surface area contributed by atoms with Crippen molar-refractivity contribution in [2.24, 2.45) is 0 Å². The maximum absolute atomic E-state index is 10.8. The van der Waals surface area contributed by atoms with Gasteiger partial charge < -0.3 is 19.7 Å². The number of carbonyl (C=O) groups excluding carboxylic acids is 2. The van der Waals surface area contributed by atoms with Gasteiger partial charge in [0.15, 0.2) is 0 Å². The van der Waals surface area contributed by atoms with Crippen LogP contribution in [0.5, 0.6) is 0 Å². The second-order valence-electron chi connectivity index (χ2n) is 5.88. The number of halogens is 1. The van der Waals surface area contributed by atoms with E-state index in [1.807, 2.05) is 0 Å². The van der Waals surface area contributed by atoms with E-state index in [4.69, 9.17) is 28.2 Å². The molecule has 0 rings (SSSR count). The van der Waals surface area contributed by atoms with Crippen molar-refractivity contribution in [3.63, 3.8) is 0 Å². The molecule has 0 spiro atoms. The van der Waals surface area contributed by atoms with E-state index in [1.165, 1.54) is 27.1 Å². The highest BCUT2D eigenvalue weighted by Crippen LogP contribution is 2.08. The topological polar surface area (TPSA) is 93.1 Å². The number of esters is 2. The Balaban J connectivity index is -0.000000492. The van der Waals surface area contributed by atoms with Gasteiger partial charge in [-0.05, 0) is 24.7 Å². The highest BCUT2D eigenvalue weighted by Gasteiger charge is 1.98. The van der Waals surface area contributed by atoms with Crippen molar-refractivity contribution in [1.82, 2.24) is 0 Å². The Labute approximate surface area is 198 Å². The largest absolute Gasteiger partial charge is 0.469 e. The number of aliphatic hydroxyl groups is 2. The fourth-order valence-electron chi connectivity index (χ4n) is 1.86. The number of methoxy groups -OCH3 is 2. The van der Waals surface area contributed by atoms with Crippen LogP contribution in [0.15, 0.2) is 0 Å². The lowest BCUT2D eigenvalue weighted by Crippen LogP contribution is -1.99. The van der Waals surface area contributed by atoms with Gasteiger partial charge in [-0.2, -0.15) is 0 Å². The van der Waals surface area contributed by atoms with Gasteiger partial charge >= 0.3 is 11.9 Å². The molecule has 7 heteroatoms. The number of hydrogen-bond donors (Lipinski definition) is 2. The number of alkyl halides is 1. The van der Waals surface area contributed by atoms with E-state index < -0.39 is 0 Å². The maximum Gasteiger partial charge on any atom is 0.306 e. The molecular weight excluding hydrogens is 432 g/mol. The first kappa shape index (κ1) is 34.0. The predicted octanol–water partition coefficient (Wildman–Crippen LogP) is 3.07. The quantitative estimate of drug-likeness (QED) is 0.222. The fourth-order valence-corrected chi connectivity index (χ4v) is 1.96. The molecule has 0 amide bonds. The minimum Gasteiger partial charge on any atom is -0.469 e. The second kappa shape index (κ2) is 33.0.